The molecule has 2 N–H and O–H groups in total. The van der Waals surface area contributed by atoms with Gasteiger partial charge in [0.25, 0.3) is 10.1 Å². The van der Waals surface area contributed by atoms with Crippen LogP contribution in [0.5, 0.6) is 0 Å². The predicted octanol–water partition coefficient (Wildman–Crippen LogP) is 2.24. The lowest BCUT2D eigenvalue weighted by Crippen LogP contribution is -2.38. The van der Waals surface area contributed by atoms with Crippen LogP contribution in [-0.4, -0.2) is 47.2 Å². The molecule has 0 aliphatic heterocycles. The average Bonchev–Trinajstić information content (AvgIpc) is 2.47. The smallest absolute Gasteiger partial charge is 0.408 e. The summed E-state index contributed by atoms with van der Waals surface area (Å²) < 4.78 is 59.8. The van der Waals surface area contributed by atoms with Crippen LogP contribution < -0.4 is 10.0 Å². The predicted molar refractivity (Wildman–Crippen MR) is 108 cm³/mol. The maximum atomic E-state index is 12.3. The van der Waals surface area contributed by atoms with Gasteiger partial charge in [-0.2, -0.15) is 8.42 Å². The fourth-order valence-corrected chi connectivity index (χ4v) is 3.79. The minimum Gasteiger partial charge on any atom is -0.444 e. The van der Waals surface area contributed by atoms with Gasteiger partial charge in [-0.3, -0.25) is 4.18 Å². The molecule has 2 atom stereocenters. The minimum atomic E-state index is -3.88. The van der Waals surface area contributed by atoms with Crippen LogP contribution in [0.3, 0.4) is 0 Å². The molecule has 0 aliphatic carbocycles. The Labute approximate surface area is 168 Å². The van der Waals surface area contributed by atoms with Gasteiger partial charge in [0.2, 0.25) is 10.0 Å². The Morgan fingerprint density at radius 2 is 1.61 bits per heavy atom. The van der Waals surface area contributed by atoms with Crippen molar-refractivity contribution in [3.63, 3.8) is 0 Å². The first kappa shape index (κ1) is 26.6. The summed E-state index contributed by atoms with van der Waals surface area (Å²) >= 11 is 0. The zero-order chi connectivity index (χ0) is 22.2. The molecule has 0 saturated heterocycles. The van der Waals surface area contributed by atoms with Crippen LogP contribution in [0.1, 0.15) is 48.5 Å². The summed E-state index contributed by atoms with van der Waals surface area (Å²) in [5, 5.41) is 4.24. The van der Waals surface area contributed by atoms with Crippen molar-refractivity contribution in [2.45, 2.75) is 66.2 Å². The minimum absolute atomic E-state index is 0.0178. The van der Waals surface area contributed by atoms with Gasteiger partial charge < -0.3 is 10.1 Å². The summed E-state index contributed by atoms with van der Waals surface area (Å²) in [5.41, 5.74) is -0.667. The molecule has 164 valence electrons. The van der Waals surface area contributed by atoms with Gasteiger partial charge in [-0.25, -0.2) is 17.9 Å². The van der Waals surface area contributed by atoms with Crippen LogP contribution in [0.25, 0.3) is 0 Å². The largest absolute Gasteiger partial charge is 0.444 e. The molecule has 9 nitrogen and oxygen atoms in total. The number of nitrogens with one attached hydrogen (secondary N) is 2. The van der Waals surface area contributed by atoms with Crippen molar-refractivity contribution in [1.82, 2.24) is 10.0 Å². The summed E-state index contributed by atoms with van der Waals surface area (Å²) in [4.78, 5) is 11.7. The fourth-order valence-electron chi connectivity index (χ4n) is 1.77. The Bertz CT molecular complexity index is 764. The first-order valence-electron chi connectivity index (χ1n) is 8.84. The second kappa shape index (κ2) is 10.9. The lowest BCUT2D eigenvalue weighted by atomic mass is 10.1. The normalized spacial score (nSPS) is 15.9. The SMILES string of the molecule is CCOS(=O)(=O)/C=C/[C@@H](NS(=O)(=O)/C=C/[C@H](C)NC(=O)OC(C)(C)C)C(C)C. The molecule has 0 heterocycles. The van der Waals surface area contributed by atoms with Crippen molar-refractivity contribution < 1.29 is 30.6 Å². The number of ether oxygens (including phenoxy) is 1. The van der Waals surface area contributed by atoms with Crippen LogP contribution in [0.15, 0.2) is 23.0 Å². The highest BCUT2D eigenvalue weighted by Crippen LogP contribution is 2.09. The first-order valence-corrected chi connectivity index (χ1v) is 11.9. The van der Waals surface area contributed by atoms with E-state index >= 15 is 0 Å². The number of carbonyl (C=O) groups is 1. The van der Waals surface area contributed by atoms with Crippen molar-refractivity contribution in [2.24, 2.45) is 5.92 Å². The molecule has 0 radical (unpaired) electrons. The Hall–Kier alpha value is -1.43. The van der Waals surface area contributed by atoms with Gasteiger partial charge >= 0.3 is 6.09 Å². The van der Waals surface area contributed by atoms with Crippen molar-refractivity contribution in [3.8, 4) is 0 Å². The van der Waals surface area contributed by atoms with E-state index in [9.17, 15) is 21.6 Å². The highest BCUT2D eigenvalue weighted by Gasteiger charge is 2.19. The molecule has 0 aliphatic rings. The highest BCUT2D eigenvalue weighted by molar-refractivity contribution is 7.92. The van der Waals surface area contributed by atoms with E-state index in [0.29, 0.717) is 0 Å². The molecular formula is C17H32N2O7S2. The Morgan fingerprint density at radius 1 is 1.04 bits per heavy atom. The molecule has 28 heavy (non-hydrogen) atoms. The molecule has 11 heteroatoms. The van der Waals surface area contributed by atoms with Crippen molar-refractivity contribution >= 4 is 26.2 Å². The monoisotopic (exact) mass is 440 g/mol. The van der Waals surface area contributed by atoms with Gasteiger partial charge in [0.1, 0.15) is 5.60 Å². The van der Waals surface area contributed by atoms with E-state index in [1.807, 2.05) is 0 Å². The molecule has 0 aromatic rings. The maximum Gasteiger partial charge on any atom is 0.408 e. The van der Waals surface area contributed by atoms with Gasteiger partial charge in [0.15, 0.2) is 0 Å². The number of rotatable bonds is 10. The second-order valence-corrected chi connectivity index (χ2v) is 10.5. The summed E-state index contributed by atoms with van der Waals surface area (Å²) in [5.74, 6) is -0.214. The lowest BCUT2D eigenvalue weighted by molar-refractivity contribution is 0.0518. The maximum absolute atomic E-state index is 12.3. The van der Waals surface area contributed by atoms with Crippen molar-refractivity contribution in [1.29, 1.82) is 0 Å². The molecular weight excluding hydrogens is 408 g/mol. The Morgan fingerprint density at radius 3 is 2.07 bits per heavy atom. The second-order valence-electron chi connectivity index (χ2n) is 7.42. The summed E-state index contributed by atoms with van der Waals surface area (Å²) in [6, 6.07) is -1.36. The fraction of sp³-hybridized carbons (Fsp3) is 0.706. The number of sulfonamides is 1. The highest BCUT2D eigenvalue weighted by atomic mass is 32.2. The van der Waals surface area contributed by atoms with Gasteiger partial charge in [0, 0.05) is 17.5 Å². The first-order chi connectivity index (χ1) is 12.6. The molecule has 0 fully saturated rings. The Kier molecular flexibility index (Phi) is 10.4. The van der Waals surface area contributed by atoms with Crippen LogP contribution >= 0.6 is 0 Å². The third-order valence-corrected chi connectivity index (χ3v) is 5.21. The molecule has 0 rings (SSSR count). The topological polar surface area (TPSA) is 128 Å². The van der Waals surface area contributed by atoms with Crippen molar-refractivity contribution in [3.05, 3.63) is 23.0 Å². The van der Waals surface area contributed by atoms with E-state index in [1.54, 1.807) is 41.5 Å². The molecule has 0 bridgehead atoms. The zero-order valence-electron chi connectivity index (χ0n) is 17.4. The number of hydrogen-bond donors (Lipinski definition) is 2. The van der Waals surface area contributed by atoms with Gasteiger partial charge in [0.05, 0.1) is 12.0 Å². The van der Waals surface area contributed by atoms with E-state index in [2.05, 4.69) is 14.2 Å². The van der Waals surface area contributed by atoms with E-state index in [1.165, 1.54) is 19.1 Å². The van der Waals surface area contributed by atoms with E-state index in [0.717, 1.165) is 10.8 Å². The third-order valence-electron chi connectivity index (χ3n) is 3.04. The lowest BCUT2D eigenvalue weighted by Gasteiger charge is -2.21. The number of hydrogen-bond acceptors (Lipinski definition) is 7. The van der Waals surface area contributed by atoms with Gasteiger partial charge in [-0.05, 0) is 46.6 Å². The molecule has 1 amide bonds. The van der Waals surface area contributed by atoms with Crippen LogP contribution in [0.4, 0.5) is 4.79 Å². The van der Waals surface area contributed by atoms with E-state index in [-0.39, 0.29) is 12.5 Å². The summed E-state index contributed by atoms with van der Waals surface area (Å²) in [7, 11) is -7.75. The third kappa shape index (κ3) is 12.9. The summed E-state index contributed by atoms with van der Waals surface area (Å²) in [6.07, 6.45) is 1.84. The molecule has 0 aromatic heterocycles. The van der Waals surface area contributed by atoms with E-state index < -0.39 is 43.9 Å². The molecule has 0 unspecified atom stereocenters. The molecule has 0 aromatic carbocycles. The van der Waals surface area contributed by atoms with Crippen LogP contribution in [0, 0.1) is 5.92 Å². The number of amides is 1. The molecule has 0 saturated carbocycles. The molecule has 0 spiro atoms. The summed E-state index contributed by atoms with van der Waals surface area (Å²) in [6.45, 7) is 11.7. The number of carbonyl (C=O) groups excluding carboxylic acids is 1. The van der Waals surface area contributed by atoms with E-state index in [4.69, 9.17) is 4.74 Å². The van der Waals surface area contributed by atoms with Gasteiger partial charge in [-0.15, -0.1) is 0 Å². The number of alkyl carbamates (subject to hydrolysis) is 1. The quantitative estimate of drug-likeness (QED) is 0.499. The Balaban J connectivity index is 5.05. The standard InChI is InChI=1S/C17H32N2O7S2/c1-8-25-28(23,24)12-10-15(13(2)3)19-27(21,22)11-9-14(4)18-16(20)26-17(5,6)7/h9-15,19H,8H2,1-7H3,(H,18,20)/b11-9+,12-10+/t14-,15+/m0/s1. The average molecular weight is 441 g/mol. The zero-order valence-corrected chi connectivity index (χ0v) is 19.1. The van der Waals surface area contributed by atoms with Crippen LogP contribution in [-0.2, 0) is 29.1 Å². The van der Waals surface area contributed by atoms with Crippen LogP contribution in [0.2, 0.25) is 0 Å². The van der Waals surface area contributed by atoms with Gasteiger partial charge in [-0.1, -0.05) is 19.9 Å². The van der Waals surface area contributed by atoms with Crippen molar-refractivity contribution in [2.75, 3.05) is 6.61 Å².